The van der Waals surface area contributed by atoms with Gasteiger partial charge in [0.25, 0.3) is 0 Å². The van der Waals surface area contributed by atoms with Crippen LogP contribution in [0.4, 0.5) is 10.1 Å². The van der Waals surface area contributed by atoms with Crippen LogP contribution in [0.3, 0.4) is 0 Å². The van der Waals surface area contributed by atoms with E-state index < -0.39 is 10.0 Å². The molecule has 0 amide bonds. The Kier molecular flexibility index (Phi) is 5.90. The molecular weight excluding hydrogens is 353 g/mol. The van der Waals surface area contributed by atoms with E-state index >= 15 is 0 Å². The average Bonchev–Trinajstić information content (AvgIpc) is 2.67. The van der Waals surface area contributed by atoms with Crippen LogP contribution in [0.2, 0.25) is 0 Å². The van der Waals surface area contributed by atoms with Gasteiger partial charge >= 0.3 is 0 Å². The van der Waals surface area contributed by atoms with Gasteiger partial charge in [-0.1, -0.05) is 19.1 Å². The van der Waals surface area contributed by atoms with Gasteiger partial charge in [-0.05, 0) is 48.5 Å². The zero-order valence-electron chi connectivity index (χ0n) is 14.9. The first-order valence-corrected chi connectivity index (χ1v) is 10.2. The molecule has 26 heavy (non-hydrogen) atoms. The molecule has 5 nitrogen and oxygen atoms in total. The average molecular weight is 377 g/mol. The first kappa shape index (κ1) is 18.8. The molecule has 1 N–H and O–H groups in total. The van der Waals surface area contributed by atoms with E-state index in [9.17, 15) is 12.8 Å². The van der Waals surface area contributed by atoms with Crippen LogP contribution in [-0.2, 0) is 16.6 Å². The lowest BCUT2D eigenvalue weighted by molar-refractivity contribution is 0.385. The lowest BCUT2D eigenvalue weighted by Crippen LogP contribution is -2.48. The summed E-state index contributed by atoms with van der Waals surface area (Å²) < 4.78 is 40.3. The molecule has 1 saturated heterocycles. The van der Waals surface area contributed by atoms with Gasteiger partial charge in [0, 0.05) is 38.4 Å². The van der Waals surface area contributed by atoms with Crippen molar-refractivity contribution in [3.8, 4) is 0 Å². The Labute approximate surface area is 154 Å². The second-order valence-corrected chi connectivity index (χ2v) is 8.23. The summed E-state index contributed by atoms with van der Waals surface area (Å²) in [4.78, 5) is 2.40. The summed E-state index contributed by atoms with van der Waals surface area (Å²) >= 11 is 0. The van der Waals surface area contributed by atoms with Gasteiger partial charge in [0.2, 0.25) is 10.0 Å². The number of piperazine rings is 1. The molecule has 1 fully saturated rings. The van der Waals surface area contributed by atoms with E-state index in [1.165, 1.54) is 16.4 Å². The number of sulfonamides is 1. The Bertz CT molecular complexity index is 815. The van der Waals surface area contributed by atoms with Gasteiger partial charge in [0.1, 0.15) is 5.82 Å². The molecule has 0 aromatic heterocycles. The second kappa shape index (κ2) is 8.16. The number of nitrogens with zero attached hydrogens (tertiary/aromatic N) is 2. The molecule has 0 aliphatic carbocycles. The van der Waals surface area contributed by atoms with Crippen LogP contribution in [0.25, 0.3) is 0 Å². The number of benzene rings is 2. The van der Waals surface area contributed by atoms with Gasteiger partial charge in [-0.3, -0.25) is 0 Å². The Balaban J connectivity index is 1.65. The van der Waals surface area contributed by atoms with Crippen molar-refractivity contribution in [1.82, 2.24) is 9.62 Å². The van der Waals surface area contributed by atoms with Crippen molar-refractivity contribution in [3.63, 3.8) is 0 Å². The summed E-state index contributed by atoms with van der Waals surface area (Å²) in [7, 11) is -3.49. The van der Waals surface area contributed by atoms with Crippen molar-refractivity contribution in [2.24, 2.45) is 0 Å². The first-order valence-electron chi connectivity index (χ1n) is 8.81. The third kappa shape index (κ3) is 4.23. The van der Waals surface area contributed by atoms with Crippen LogP contribution < -0.4 is 10.2 Å². The first-order chi connectivity index (χ1) is 12.5. The standard InChI is InChI=1S/C19H24FN3O2S/c1-2-21-15-16-3-9-19(10-4-16)26(24,25)23-13-11-22(12-14-23)18-7-5-17(20)6-8-18/h3-10,21H,2,11-15H2,1H3. The molecule has 7 heteroatoms. The second-order valence-electron chi connectivity index (χ2n) is 6.29. The molecule has 0 atom stereocenters. The number of hydrogen-bond acceptors (Lipinski definition) is 4. The Morgan fingerprint density at radius 1 is 0.962 bits per heavy atom. The SMILES string of the molecule is CCNCc1ccc(S(=O)(=O)N2CCN(c3ccc(F)cc3)CC2)cc1. The molecule has 1 aliphatic rings. The topological polar surface area (TPSA) is 52.7 Å². The molecule has 1 aliphatic heterocycles. The summed E-state index contributed by atoms with van der Waals surface area (Å²) in [6.07, 6.45) is 0. The smallest absolute Gasteiger partial charge is 0.243 e. The maximum Gasteiger partial charge on any atom is 0.243 e. The molecule has 2 aromatic carbocycles. The van der Waals surface area contributed by atoms with Crippen molar-refractivity contribution in [2.45, 2.75) is 18.4 Å². The van der Waals surface area contributed by atoms with Crippen LogP contribution in [0.15, 0.2) is 53.4 Å². The molecule has 0 saturated carbocycles. The number of hydrogen-bond donors (Lipinski definition) is 1. The summed E-state index contributed by atoms with van der Waals surface area (Å²) in [6.45, 7) is 5.64. The van der Waals surface area contributed by atoms with Gasteiger partial charge in [-0.25, -0.2) is 12.8 Å². The molecule has 1 heterocycles. The van der Waals surface area contributed by atoms with E-state index in [0.29, 0.717) is 31.1 Å². The van der Waals surface area contributed by atoms with Crippen molar-refractivity contribution in [1.29, 1.82) is 0 Å². The van der Waals surface area contributed by atoms with Crippen LogP contribution in [0.1, 0.15) is 12.5 Å². The molecular formula is C19H24FN3O2S. The summed E-state index contributed by atoms with van der Waals surface area (Å²) in [5, 5.41) is 3.22. The van der Waals surface area contributed by atoms with Gasteiger partial charge in [0.15, 0.2) is 0 Å². The molecule has 3 rings (SSSR count). The van der Waals surface area contributed by atoms with Crippen molar-refractivity contribution in [2.75, 3.05) is 37.6 Å². The van der Waals surface area contributed by atoms with Crippen LogP contribution in [0, 0.1) is 5.82 Å². The third-order valence-electron chi connectivity index (χ3n) is 4.57. The van der Waals surface area contributed by atoms with Crippen molar-refractivity contribution < 1.29 is 12.8 Å². The van der Waals surface area contributed by atoms with Gasteiger partial charge in [-0.15, -0.1) is 0 Å². The number of anilines is 1. The van der Waals surface area contributed by atoms with Crippen LogP contribution in [-0.4, -0.2) is 45.4 Å². The molecule has 0 bridgehead atoms. The number of rotatable bonds is 6. The third-order valence-corrected chi connectivity index (χ3v) is 6.48. The molecule has 0 spiro atoms. The predicted octanol–water partition coefficient (Wildman–Crippen LogP) is 2.45. The summed E-state index contributed by atoms with van der Waals surface area (Å²) in [6, 6.07) is 13.4. The quantitative estimate of drug-likeness (QED) is 0.840. The Hall–Kier alpha value is -1.96. The summed E-state index contributed by atoms with van der Waals surface area (Å²) in [5.74, 6) is -0.271. The van der Waals surface area contributed by atoms with Gasteiger partial charge < -0.3 is 10.2 Å². The number of nitrogens with one attached hydrogen (secondary N) is 1. The predicted molar refractivity (Wildman–Crippen MR) is 101 cm³/mol. The van der Waals surface area contributed by atoms with Gasteiger partial charge in [0.05, 0.1) is 4.90 Å². The highest BCUT2D eigenvalue weighted by Crippen LogP contribution is 2.21. The van der Waals surface area contributed by atoms with E-state index in [4.69, 9.17) is 0 Å². The molecule has 0 unspecified atom stereocenters. The fourth-order valence-corrected chi connectivity index (χ4v) is 4.46. The van der Waals surface area contributed by atoms with Crippen LogP contribution >= 0.6 is 0 Å². The minimum atomic E-state index is -3.49. The van der Waals surface area contributed by atoms with E-state index in [1.807, 2.05) is 19.1 Å². The van der Waals surface area contributed by atoms with Crippen molar-refractivity contribution >= 4 is 15.7 Å². The maximum absolute atomic E-state index is 13.0. The normalized spacial score (nSPS) is 16.0. The largest absolute Gasteiger partial charge is 0.369 e. The lowest BCUT2D eigenvalue weighted by atomic mass is 10.2. The summed E-state index contributed by atoms with van der Waals surface area (Å²) in [5.41, 5.74) is 1.98. The highest BCUT2D eigenvalue weighted by Gasteiger charge is 2.28. The minimum absolute atomic E-state index is 0.271. The monoisotopic (exact) mass is 377 g/mol. The van der Waals surface area contributed by atoms with Gasteiger partial charge in [-0.2, -0.15) is 4.31 Å². The van der Waals surface area contributed by atoms with Crippen molar-refractivity contribution in [3.05, 3.63) is 59.9 Å². The van der Waals surface area contributed by atoms with E-state index in [2.05, 4.69) is 10.2 Å². The van der Waals surface area contributed by atoms with E-state index in [-0.39, 0.29) is 5.82 Å². The molecule has 0 radical (unpaired) electrons. The zero-order chi connectivity index (χ0) is 18.6. The molecule has 2 aromatic rings. The van der Waals surface area contributed by atoms with E-state index in [0.717, 1.165) is 24.3 Å². The Morgan fingerprint density at radius 2 is 1.58 bits per heavy atom. The fourth-order valence-electron chi connectivity index (χ4n) is 3.04. The highest BCUT2D eigenvalue weighted by molar-refractivity contribution is 7.89. The van der Waals surface area contributed by atoms with Crippen LogP contribution in [0.5, 0.6) is 0 Å². The molecule has 140 valence electrons. The highest BCUT2D eigenvalue weighted by atomic mass is 32.2. The lowest BCUT2D eigenvalue weighted by Gasteiger charge is -2.35. The van der Waals surface area contributed by atoms with E-state index in [1.54, 1.807) is 24.3 Å². The minimum Gasteiger partial charge on any atom is -0.369 e. The Morgan fingerprint density at radius 3 is 2.15 bits per heavy atom. The zero-order valence-corrected chi connectivity index (χ0v) is 15.7. The fraction of sp³-hybridized carbons (Fsp3) is 0.368. The number of halogens is 1. The maximum atomic E-state index is 13.0.